The Balaban J connectivity index is 2.13. The van der Waals surface area contributed by atoms with Crippen LogP contribution in [0.2, 0.25) is 0 Å². The summed E-state index contributed by atoms with van der Waals surface area (Å²) in [6.45, 7) is 7.42. The second-order valence-electron chi connectivity index (χ2n) is 4.90. The predicted molar refractivity (Wildman–Crippen MR) is 63.3 cm³/mol. The van der Waals surface area contributed by atoms with Crippen molar-refractivity contribution in [2.45, 2.75) is 51.3 Å². The van der Waals surface area contributed by atoms with Gasteiger partial charge in [-0.05, 0) is 38.8 Å². The van der Waals surface area contributed by atoms with E-state index in [1.807, 2.05) is 12.1 Å². The smallest absolute Gasteiger partial charge is 0.134 e. The normalized spacial score (nSPS) is 35.9. The van der Waals surface area contributed by atoms with Gasteiger partial charge in [0.1, 0.15) is 11.9 Å². The molecule has 1 aromatic heterocycles. The van der Waals surface area contributed by atoms with Crippen molar-refractivity contribution in [1.82, 2.24) is 5.32 Å². The summed E-state index contributed by atoms with van der Waals surface area (Å²) >= 11 is 0. The zero-order valence-corrected chi connectivity index (χ0v) is 10.3. The molecule has 3 nitrogen and oxygen atoms in total. The molecule has 0 amide bonds. The first-order valence-electron chi connectivity index (χ1n) is 6.07. The molecule has 1 aliphatic heterocycles. The Bertz CT molecular complexity index is 323. The molecule has 2 heterocycles. The molecule has 90 valence electrons. The number of hydrogen-bond acceptors (Lipinski definition) is 3. The number of furan rings is 1. The first-order chi connectivity index (χ1) is 7.64. The molecule has 0 bridgehead atoms. The van der Waals surface area contributed by atoms with Crippen LogP contribution in [0.4, 0.5) is 0 Å². The van der Waals surface area contributed by atoms with Crippen LogP contribution in [0.5, 0.6) is 0 Å². The van der Waals surface area contributed by atoms with Crippen LogP contribution in [0.25, 0.3) is 0 Å². The van der Waals surface area contributed by atoms with Gasteiger partial charge in [0.05, 0.1) is 6.26 Å². The SMILES string of the molecule is CCC1(C)CCOC(c2ccco2)C(C)N1. The van der Waals surface area contributed by atoms with Gasteiger partial charge in [0, 0.05) is 18.2 Å². The number of ether oxygens (including phenoxy) is 1. The summed E-state index contributed by atoms with van der Waals surface area (Å²) in [6, 6.07) is 4.17. The van der Waals surface area contributed by atoms with Gasteiger partial charge in [-0.25, -0.2) is 0 Å². The van der Waals surface area contributed by atoms with Gasteiger partial charge in [-0.1, -0.05) is 6.92 Å². The minimum atomic E-state index is 0.0309. The molecule has 1 fully saturated rings. The number of hydrogen-bond donors (Lipinski definition) is 1. The minimum absolute atomic E-state index is 0.0309. The van der Waals surface area contributed by atoms with Gasteiger partial charge in [-0.2, -0.15) is 0 Å². The maximum atomic E-state index is 5.90. The third-order valence-electron chi connectivity index (χ3n) is 3.59. The number of nitrogens with one attached hydrogen (secondary N) is 1. The molecule has 1 aromatic rings. The molecule has 1 saturated heterocycles. The summed E-state index contributed by atoms with van der Waals surface area (Å²) in [7, 11) is 0. The highest BCUT2D eigenvalue weighted by molar-refractivity contribution is 5.06. The largest absolute Gasteiger partial charge is 0.467 e. The molecular formula is C13H21NO2. The monoisotopic (exact) mass is 223 g/mol. The van der Waals surface area contributed by atoms with E-state index >= 15 is 0 Å². The fourth-order valence-electron chi connectivity index (χ4n) is 2.31. The van der Waals surface area contributed by atoms with Gasteiger partial charge in [-0.15, -0.1) is 0 Å². The maximum Gasteiger partial charge on any atom is 0.134 e. The van der Waals surface area contributed by atoms with E-state index in [1.165, 1.54) is 0 Å². The van der Waals surface area contributed by atoms with E-state index in [1.54, 1.807) is 6.26 Å². The van der Waals surface area contributed by atoms with Gasteiger partial charge < -0.3 is 14.5 Å². The van der Waals surface area contributed by atoms with E-state index in [0.29, 0.717) is 0 Å². The molecule has 3 atom stereocenters. The Labute approximate surface area is 97.2 Å². The highest BCUT2D eigenvalue weighted by Crippen LogP contribution is 2.29. The third kappa shape index (κ3) is 2.30. The molecule has 0 aliphatic carbocycles. The topological polar surface area (TPSA) is 34.4 Å². The van der Waals surface area contributed by atoms with Crippen molar-refractivity contribution in [2.75, 3.05) is 6.61 Å². The van der Waals surface area contributed by atoms with E-state index in [9.17, 15) is 0 Å². The molecule has 0 spiro atoms. The van der Waals surface area contributed by atoms with E-state index in [4.69, 9.17) is 9.15 Å². The second-order valence-corrected chi connectivity index (χ2v) is 4.90. The highest BCUT2D eigenvalue weighted by Gasteiger charge is 2.33. The van der Waals surface area contributed by atoms with Crippen LogP contribution < -0.4 is 5.32 Å². The zero-order chi connectivity index (χ0) is 11.6. The predicted octanol–water partition coefficient (Wildman–Crippen LogP) is 2.89. The Morgan fingerprint density at radius 1 is 1.56 bits per heavy atom. The first kappa shape index (κ1) is 11.7. The lowest BCUT2D eigenvalue weighted by atomic mass is 9.94. The van der Waals surface area contributed by atoms with Crippen molar-refractivity contribution in [3.05, 3.63) is 24.2 Å². The van der Waals surface area contributed by atoms with E-state index in [0.717, 1.165) is 25.2 Å². The Hall–Kier alpha value is -0.800. The Morgan fingerprint density at radius 2 is 2.38 bits per heavy atom. The van der Waals surface area contributed by atoms with E-state index in [2.05, 4.69) is 26.1 Å². The first-order valence-corrected chi connectivity index (χ1v) is 6.07. The van der Waals surface area contributed by atoms with Crippen molar-refractivity contribution in [2.24, 2.45) is 0 Å². The summed E-state index contributed by atoms with van der Waals surface area (Å²) in [5, 5.41) is 3.66. The molecule has 16 heavy (non-hydrogen) atoms. The standard InChI is InChI=1S/C13H21NO2/c1-4-13(3)7-9-16-12(10(2)14-13)11-6-5-8-15-11/h5-6,8,10,12,14H,4,7,9H2,1-3H3. The molecule has 2 rings (SSSR count). The van der Waals surface area contributed by atoms with Crippen molar-refractivity contribution < 1.29 is 9.15 Å². The van der Waals surface area contributed by atoms with Crippen LogP contribution in [-0.2, 0) is 4.74 Å². The quantitative estimate of drug-likeness (QED) is 0.837. The maximum absolute atomic E-state index is 5.90. The summed E-state index contributed by atoms with van der Waals surface area (Å²) in [5.41, 5.74) is 0.181. The van der Waals surface area contributed by atoms with Crippen LogP contribution in [0.15, 0.2) is 22.8 Å². The van der Waals surface area contributed by atoms with Gasteiger partial charge >= 0.3 is 0 Å². The summed E-state index contributed by atoms with van der Waals surface area (Å²) in [5.74, 6) is 0.917. The fourth-order valence-corrected chi connectivity index (χ4v) is 2.31. The molecule has 0 saturated carbocycles. The van der Waals surface area contributed by atoms with Crippen LogP contribution in [0, 0.1) is 0 Å². The lowest BCUT2D eigenvalue weighted by Gasteiger charge is -2.31. The van der Waals surface area contributed by atoms with Crippen LogP contribution in [-0.4, -0.2) is 18.2 Å². The third-order valence-corrected chi connectivity index (χ3v) is 3.59. The highest BCUT2D eigenvalue weighted by atomic mass is 16.5. The van der Waals surface area contributed by atoms with Crippen molar-refractivity contribution in [3.63, 3.8) is 0 Å². The van der Waals surface area contributed by atoms with Gasteiger partial charge in [0.25, 0.3) is 0 Å². The summed E-state index contributed by atoms with van der Waals surface area (Å²) in [4.78, 5) is 0. The lowest BCUT2D eigenvalue weighted by molar-refractivity contribution is 0.0309. The average Bonchev–Trinajstić information content (AvgIpc) is 2.72. The molecular weight excluding hydrogens is 202 g/mol. The number of rotatable bonds is 2. The van der Waals surface area contributed by atoms with Crippen LogP contribution >= 0.6 is 0 Å². The zero-order valence-electron chi connectivity index (χ0n) is 10.3. The van der Waals surface area contributed by atoms with Crippen molar-refractivity contribution in [3.8, 4) is 0 Å². The minimum Gasteiger partial charge on any atom is -0.467 e. The van der Waals surface area contributed by atoms with Crippen LogP contribution in [0.1, 0.15) is 45.5 Å². The van der Waals surface area contributed by atoms with Gasteiger partial charge in [0.15, 0.2) is 0 Å². The fraction of sp³-hybridized carbons (Fsp3) is 0.692. The van der Waals surface area contributed by atoms with Gasteiger partial charge in [0.2, 0.25) is 0 Å². The van der Waals surface area contributed by atoms with E-state index in [-0.39, 0.29) is 17.7 Å². The van der Waals surface area contributed by atoms with Crippen LogP contribution in [0.3, 0.4) is 0 Å². The molecule has 3 unspecified atom stereocenters. The molecule has 0 aromatic carbocycles. The molecule has 1 aliphatic rings. The van der Waals surface area contributed by atoms with Crippen molar-refractivity contribution in [1.29, 1.82) is 0 Å². The lowest BCUT2D eigenvalue weighted by Crippen LogP contribution is -2.47. The summed E-state index contributed by atoms with van der Waals surface area (Å²) < 4.78 is 11.3. The molecule has 0 radical (unpaired) electrons. The van der Waals surface area contributed by atoms with E-state index < -0.39 is 0 Å². The molecule has 3 heteroatoms. The Morgan fingerprint density at radius 3 is 3.00 bits per heavy atom. The van der Waals surface area contributed by atoms with Crippen molar-refractivity contribution >= 4 is 0 Å². The second kappa shape index (κ2) is 4.60. The molecule has 1 N–H and O–H groups in total. The van der Waals surface area contributed by atoms with Gasteiger partial charge in [-0.3, -0.25) is 0 Å². The Kier molecular flexibility index (Phi) is 3.36. The average molecular weight is 223 g/mol. The summed E-state index contributed by atoms with van der Waals surface area (Å²) in [6.07, 6.45) is 3.90.